The highest BCUT2D eigenvalue weighted by Crippen LogP contribution is 2.14. The van der Waals surface area contributed by atoms with Gasteiger partial charge >= 0.3 is 0 Å². The van der Waals surface area contributed by atoms with Gasteiger partial charge in [0.1, 0.15) is 16.8 Å². The van der Waals surface area contributed by atoms with Gasteiger partial charge in [0.05, 0.1) is 6.54 Å². The van der Waals surface area contributed by atoms with Crippen LogP contribution in [0, 0.1) is 11.3 Å². The molecule has 0 bridgehead atoms. The van der Waals surface area contributed by atoms with Crippen molar-refractivity contribution >= 4 is 11.3 Å². The van der Waals surface area contributed by atoms with E-state index in [4.69, 9.17) is 5.26 Å². The summed E-state index contributed by atoms with van der Waals surface area (Å²) in [6.45, 7) is 1.52. The Morgan fingerprint density at radius 2 is 2.38 bits per heavy atom. The SMILES string of the molecule is Cn1ccnc1CNCc1ccc(C#N)s1. The van der Waals surface area contributed by atoms with Crippen LogP contribution in [0.5, 0.6) is 0 Å². The lowest BCUT2D eigenvalue weighted by molar-refractivity contribution is 0.643. The van der Waals surface area contributed by atoms with Crippen LogP contribution in [-0.2, 0) is 20.1 Å². The van der Waals surface area contributed by atoms with E-state index >= 15 is 0 Å². The Morgan fingerprint density at radius 1 is 1.50 bits per heavy atom. The fourth-order valence-corrected chi connectivity index (χ4v) is 2.17. The number of hydrogen-bond donors (Lipinski definition) is 1. The lowest BCUT2D eigenvalue weighted by Gasteiger charge is -2.02. The monoisotopic (exact) mass is 232 g/mol. The number of nitrogens with zero attached hydrogens (tertiary/aromatic N) is 3. The van der Waals surface area contributed by atoms with Gasteiger partial charge in [-0.15, -0.1) is 11.3 Å². The van der Waals surface area contributed by atoms with E-state index in [1.807, 2.05) is 29.9 Å². The van der Waals surface area contributed by atoms with E-state index in [9.17, 15) is 0 Å². The van der Waals surface area contributed by atoms with Crippen molar-refractivity contribution in [3.05, 3.63) is 40.1 Å². The van der Waals surface area contributed by atoms with Crippen LogP contribution in [0.4, 0.5) is 0 Å². The Morgan fingerprint density at radius 3 is 3.00 bits per heavy atom. The van der Waals surface area contributed by atoms with Gasteiger partial charge in [0, 0.05) is 30.9 Å². The molecule has 0 radical (unpaired) electrons. The van der Waals surface area contributed by atoms with E-state index in [-0.39, 0.29) is 0 Å². The maximum Gasteiger partial charge on any atom is 0.122 e. The summed E-state index contributed by atoms with van der Waals surface area (Å²) in [4.78, 5) is 6.15. The molecule has 0 atom stereocenters. The van der Waals surface area contributed by atoms with Crippen LogP contribution in [0.2, 0.25) is 0 Å². The summed E-state index contributed by atoms with van der Waals surface area (Å²) >= 11 is 1.52. The molecule has 5 heteroatoms. The largest absolute Gasteiger partial charge is 0.337 e. The number of rotatable bonds is 4. The smallest absolute Gasteiger partial charge is 0.122 e. The Bertz CT molecular complexity index is 506. The summed E-state index contributed by atoms with van der Waals surface area (Å²) in [6, 6.07) is 5.97. The van der Waals surface area contributed by atoms with E-state index in [1.54, 1.807) is 6.20 Å². The quantitative estimate of drug-likeness (QED) is 0.872. The van der Waals surface area contributed by atoms with Crippen LogP contribution in [0.15, 0.2) is 24.5 Å². The van der Waals surface area contributed by atoms with Crippen LogP contribution < -0.4 is 5.32 Å². The fourth-order valence-electron chi connectivity index (χ4n) is 1.40. The van der Waals surface area contributed by atoms with Crippen molar-refractivity contribution in [2.75, 3.05) is 0 Å². The number of nitrogens with one attached hydrogen (secondary N) is 1. The summed E-state index contributed by atoms with van der Waals surface area (Å²) in [5, 5.41) is 12.0. The van der Waals surface area contributed by atoms with E-state index < -0.39 is 0 Å². The average Bonchev–Trinajstić information content (AvgIpc) is 2.89. The summed E-state index contributed by atoms with van der Waals surface area (Å²) in [5.41, 5.74) is 0. The molecule has 1 N–H and O–H groups in total. The van der Waals surface area contributed by atoms with Crippen LogP contribution in [-0.4, -0.2) is 9.55 Å². The summed E-state index contributed by atoms with van der Waals surface area (Å²) in [6.07, 6.45) is 3.71. The van der Waals surface area contributed by atoms with Crippen molar-refractivity contribution in [3.8, 4) is 6.07 Å². The average molecular weight is 232 g/mol. The molecule has 0 aliphatic carbocycles. The van der Waals surface area contributed by atoms with Gasteiger partial charge in [-0.05, 0) is 12.1 Å². The predicted molar refractivity (Wildman–Crippen MR) is 62.8 cm³/mol. The predicted octanol–water partition coefficient (Wildman–Crippen LogP) is 1.64. The van der Waals surface area contributed by atoms with Gasteiger partial charge in [0.15, 0.2) is 0 Å². The lowest BCUT2D eigenvalue weighted by atomic mass is 10.4. The highest BCUT2D eigenvalue weighted by Gasteiger charge is 2.01. The molecule has 0 saturated heterocycles. The van der Waals surface area contributed by atoms with Crippen LogP contribution in [0.25, 0.3) is 0 Å². The molecule has 0 aromatic carbocycles. The lowest BCUT2D eigenvalue weighted by Crippen LogP contribution is -2.14. The van der Waals surface area contributed by atoms with Crippen molar-refractivity contribution in [1.82, 2.24) is 14.9 Å². The first kappa shape index (κ1) is 10.9. The van der Waals surface area contributed by atoms with E-state index in [0.717, 1.165) is 23.8 Å². The Balaban J connectivity index is 1.85. The summed E-state index contributed by atoms with van der Waals surface area (Å²) in [5.74, 6) is 1.01. The minimum atomic E-state index is 0.739. The molecule has 0 saturated carbocycles. The molecule has 2 aromatic rings. The standard InChI is InChI=1S/C11H12N4S/c1-15-5-4-14-11(15)8-13-7-10-3-2-9(6-12)16-10/h2-5,13H,7-8H2,1H3. The number of aryl methyl sites for hydroxylation is 1. The topological polar surface area (TPSA) is 53.6 Å². The second-order valence-electron chi connectivity index (χ2n) is 3.44. The van der Waals surface area contributed by atoms with Gasteiger partial charge in [-0.1, -0.05) is 0 Å². The van der Waals surface area contributed by atoms with Crippen molar-refractivity contribution in [2.45, 2.75) is 13.1 Å². The van der Waals surface area contributed by atoms with Gasteiger partial charge in [-0.25, -0.2) is 4.98 Å². The fraction of sp³-hybridized carbons (Fsp3) is 0.273. The number of thiophene rings is 1. The van der Waals surface area contributed by atoms with Crippen LogP contribution in [0.3, 0.4) is 0 Å². The molecule has 0 fully saturated rings. The van der Waals surface area contributed by atoms with Gasteiger partial charge in [0.25, 0.3) is 0 Å². The first-order valence-electron chi connectivity index (χ1n) is 4.95. The van der Waals surface area contributed by atoms with E-state index in [0.29, 0.717) is 0 Å². The van der Waals surface area contributed by atoms with Crippen LogP contribution in [0.1, 0.15) is 15.6 Å². The number of hydrogen-bond acceptors (Lipinski definition) is 4. The van der Waals surface area contributed by atoms with Gasteiger partial charge in [-0.2, -0.15) is 5.26 Å². The van der Waals surface area contributed by atoms with Gasteiger partial charge in [0.2, 0.25) is 0 Å². The first-order valence-corrected chi connectivity index (χ1v) is 5.77. The number of imidazole rings is 1. The Kier molecular flexibility index (Phi) is 3.34. The van der Waals surface area contributed by atoms with Crippen molar-refractivity contribution in [1.29, 1.82) is 5.26 Å². The molecule has 16 heavy (non-hydrogen) atoms. The summed E-state index contributed by atoms with van der Waals surface area (Å²) < 4.78 is 1.99. The molecule has 0 spiro atoms. The Labute approximate surface area is 98.2 Å². The highest BCUT2D eigenvalue weighted by molar-refractivity contribution is 7.12. The third-order valence-electron chi connectivity index (χ3n) is 2.28. The van der Waals surface area contributed by atoms with E-state index in [1.165, 1.54) is 16.2 Å². The molecule has 2 rings (SSSR count). The van der Waals surface area contributed by atoms with Crippen molar-refractivity contribution in [3.63, 3.8) is 0 Å². The second-order valence-corrected chi connectivity index (χ2v) is 4.60. The molecule has 2 aromatic heterocycles. The number of aromatic nitrogens is 2. The second kappa shape index (κ2) is 4.92. The van der Waals surface area contributed by atoms with Crippen molar-refractivity contribution in [2.24, 2.45) is 7.05 Å². The van der Waals surface area contributed by atoms with Crippen molar-refractivity contribution < 1.29 is 0 Å². The molecular weight excluding hydrogens is 220 g/mol. The molecule has 4 nitrogen and oxygen atoms in total. The van der Waals surface area contributed by atoms with E-state index in [2.05, 4.69) is 16.4 Å². The zero-order valence-electron chi connectivity index (χ0n) is 8.97. The molecule has 0 aliphatic rings. The molecule has 0 amide bonds. The maximum absolute atomic E-state index is 8.69. The number of nitriles is 1. The third-order valence-corrected chi connectivity index (χ3v) is 3.27. The zero-order chi connectivity index (χ0) is 11.4. The third kappa shape index (κ3) is 2.48. The zero-order valence-corrected chi connectivity index (χ0v) is 9.79. The van der Waals surface area contributed by atoms with Gasteiger partial charge < -0.3 is 9.88 Å². The maximum atomic E-state index is 8.69. The minimum absolute atomic E-state index is 0.739. The molecular formula is C11H12N4S. The highest BCUT2D eigenvalue weighted by atomic mass is 32.1. The normalized spacial score (nSPS) is 10.2. The van der Waals surface area contributed by atoms with Gasteiger partial charge in [-0.3, -0.25) is 0 Å². The molecule has 2 heterocycles. The minimum Gasteiger partial charge on any atom is -0.337 e. The molecule has 0 aliphatic heterocycles. The Hall–Kier alpha value is -1.64. The first-order chi connectivity index (χ1) is 7.79. The molecule has 82 valence electrons. The summed E-state index contributed by atoms with van der Waals surface area (Å²) in [7, 11) is 1.98. The van der Waals surface area contributed by atoms with Crippen LogP contribution >= 0.6 is 11.3 Å². The molecule has 0 unspecified atom stereocenters.